The van der Waals surface area contributed by atoms with Crippen LogP contribution in [0.4, 0.5) is 0 Å². The topological polar surface area (TPSA) is 59.9 Å². The minimum atomic E-state index is -0.407. The zero-order valence-electron chi connectivity index (χ0n) is 11.4. The molecule has 0 amide bonds. The Morgan fingerprint density at radius 1 is 1.35 bits per heavy atom. The third-order valence-corrected chi connectivity index (χ3v) is 3.26. The number of H-pyrrole nitrogens is 1. The zero-order valence-corrected chi connectivity index (χ0v) is 11.4. The molecule has 3 rings (SSSR count). The fourth-order valence-electron chi connectivity index (χ4n) is 2.21. The Morgan fingerprint density at radius 3 is 3.00 bits per heavy atom. The minimum absolute atomic E-state index is 0.300. The number of nitrogens with one attached hydrogen (secondary N) is 1. The number of nitrogens with zero attached hydrogens (tertiary/aromatic N) is 2. The van der Waals surface area contributed by atoms with Gasteiger partial charge in [0.1, 0.15) is 0 Å². The Morgan fingerprint density at radius 2 is 2.20 bits per heavy atom. The smallest absolute Gasteiger partial charge is 0.358 e. The number of esters is 1. The van der Waals surface area contributed by atoms with Crippen molar-refractivity contribution < 1.29 is 9.53 Å². The molecule has 0 unspecified atom stereocenters. The summed E-state index contributed by atoms with van der Waals surface area (Å²) < 4.78 is 6.99. The first-order valence-electron chi connectivity index (χ1n) is 6.47. The number of aromatic amines is 1. The Balaban J connectivity index is 1.98. The van der Waals surface area contributed by atoms with Crippen LogP contribution in [0.15, 0.2) is 36.5 Å². The highest BCUT2D eigenvalue weighted by molar-refractivity contribution is 5.90. The third kappa shape index (κ3) is 2.07. The lowest BCUT2D eigenvalue weighted by Gasteiger charge is -2.00. The molecule has 3 aromatic rings. The first-order chi connectivity index (χ1) is 9.69. The maximum Gasteiger partial charge on any atom is 0.358 e. The van der Waals surface area contributed by atoms with Crippen LogP contribution in [0.1, 0.15) is 17.4 Å². The lowest BCUT2D eigenvalue weighted by Crippen LogP contribution is -2.04. The second-order valence-corrected chi connectivity index (χ2v) is 4.59. The van der Waals surface area contributed by atoms with E-state index in [0.29, 0.717) is 12.3 Å². The normalized spacial score (nSPS) is 10.9. The number of rotatable bonds is 3. The second-order valence-electron chi connectivity index (χ2n) is 4.59. The van der Waals surface area contributed by atoms with E-state index in [9.17, 15) is 4.79 Å². The third-order valence-electron chi connectivity index (χ3n) is 3.26. The molecular weight excluding hydrogens is 254 g/mol. The van der Waals surface area contributed by atoms with Gasteiger partial charge in [-0.25, -0.2) is 4.79 Å². The van der Waals surface area contributed by atoms with E-state index in [1.807, 2.05) is 19.3 Å². The van der Waals surface area contributed by atoms with Gasteiger partial charge in [0.05, 0.1) is 12.3 Å². The van der Waals surface area contributed by atoms with Gasteiger partial charge in [-0.15, -0.1) is 0 Å². The molecule has 0 bridgehead atoms. The Hall–Kier alpha value is -2.56. The highest BCUT2D eigenvalue weighted by Gasteiger charge is 2.12. The van der Waals surface area contributed by atoms with Gasteiger partial charge in [-0.05, 0) is 30.5 Å². The van der Waals surface area contributed by atoms with Crippen LogP contribution in [0.2, 0.25) is 0 Å². The van der Waals surface area contributed by atoms with Crippen molar-refractivity contribution in [3.8, 4) is 11.3 Å². The Bertz CT molecular complexity index is 770. The quantitative estimate of drug-likeness (QED) is 0.744. The van der Waals surface area contributed by atoms with Gasteiger partial charge >= 0.3 is 5.97 Å². The van der Waals surface area contributed by atoms with Gasteiger partial charge in [0.15, 0.2) is 5.69 Å². The fraction of sp³-hybridized carbons (Fsp3) is 0.200. The molecule has 2 aromatic heterocycles. The lowest BCUT2D eigenvalue weighted by atomic mass is 10.1. The molecule has 2 heterocycles. The molecule has 0 radical (unpaired) electrons. The van der Waals surface area contributed by atoms with Crippen molar-refractivity contribution in [3.63, 3.8) is 0 Å². The predicted octanol–water partition coefficient (Wildman–Crippen LogP) is 2.75. The van der Waals surface area contributed by atoms with E-state index < -0.39 is 5.97 Å². The van der Waals surface area contributed by atoms with Crippen LogP contribution in [0, 0.1) is 0 Å². The summed E-state index contributed by atoms with van der Waals surface area (Å²) in [6.07, 6.45) is 2.02. The number of carbonyl (C=O) groups is 1. The van der Waals surface area contributed by atoms with Crippen LogP contribution in [0.25, 0.3) is 22.2 Å². The van der Waals surface area contributed by atoms with Crippen LogP contribution in [0.3, 0.4) is 0 Å². The van der Waals surface area contributed by atoms with Crippen LogP contribution >= 0.6 is 0 Å². The molecule has 1 aromatic carbocycles. The molecular formula is C15H15N3O2. The average Bonchev–Trinajstić information content (AvgIpc) is 3.06. The number of hydrogen-bond donors (Lipinski definition) is 1. The number of ether oxygens (including phenoxy) is 1. The molecule has 0 spiro atoms. The molecule has 0 fully saturated rings. The van der Waals surface area contributed by atoms with Gasteiger partial charge in [0.2, 0.25) is 0 Å². The monoisotopic (exact) mass is 269 g/mol. The maximum absolute atomic E-state index is 11.6. The summed E-state index contributed by atoms with van der Waals surface area (Å²) in [5, 5.41) is 8.05. The standard InChI is InChI=1S/C15H15N3O2/c1-3-20-15(19)13-9-12(16-17-13)11-5-4-10-6-7-18(2)14(10)8-11/h4-9H,3H2,1-2H3,(H,16,17). The van der Waals surface area contributed by atoms with Crippen molar-refractivity contribution in [2.45, 2.75) is 6.92 Å². The molecule has 0 saturated heterocycles. The van der Waals surface area contributed by atoms with Crippen LogP contribution in [-0.2, 0) is 11.8 Å². The van der Waals surface area contributed by atoms with E-state index in [-0.39, 0.29) is 0 Å². The van der Waals surface area contributed by atoms with Gasteiger partial charge in [-0.1, -0.05) is 12.1 Å². The molecule has 0 atom stereocenters. The molecule has 5 nitrogen and oxygen atoms in total. The number of fused-ring (bicyclic) bond motifs is 1. The van der Waals surface area contributed by atoms with Gasteiger partial charge in [0, 0.05) is 24.3 Å². The fourth-order valence-corrected chi connectivity index (χ4v) is 2.21. The molecule has 20 heavy (non-hydrogen) atoms. The van der Waals surface area contributed by atoms with E-state index in [4.69, 9.17) is 4.74 Å². The summed E-state index contributed by atoms with van der Waals surface area (Å²) in [5.41, 5.74) is 3.22. The van der Waals surface area contributed by atoms with Crippen molar-refractivity contribution in [3.05, 3.63) is 42.2 Å². The molecule has 1 N–H and O–H groups in total. The summed E-state index contributed by atoms with van der Waals surface area (Å²) in [6.45, 7) is 2.12. The summed E-state index contributed by atoms with van der Waals surface area (Å²) in [4.78, 5) is 11.6. The van der Waals surface area contributed by atoms with Crippen molar-refractivity contribution in [2.24, 2.45) is 7.05 Å². The van der Waals surface area contributed by atoms with E-state index in [1.165, 1.54) is 5.39 Å². The molecule has 102 valence electrons. The van der Waals surface area contributed by atoms with Crippen LogP contribution in [-0.4, -0.2) is 27.3 Å². The van der Waals surface area contributed by atoms with E-state index >= 15 is 0 Å². The van der Waals surface area contributed by atoms with Crippen molar-refractivity contribution >= 4 is 16.9 Å². The van der Waals surface area contributed by atoms with Crippen molar-refractivity contribution in [1.82, 2.24) is 14.8 Å². The van der Waals surface area contributed by atoms with Crippen LogP contribution < -0.4 is 0 Å². The second kappa shape index (κ2) is 4.85. The minimum Gasteiger partial charge on any atom is -0.461 e. The molecule has 0 saturated carbocycles. The SMILES string of the molecule is CCOC(=O)c1cc(-c2ccc3ccn(C)c3c2)[nH]n1. The number of hydrogen-bond acceptors (Lipinski definition) is 3. The summed E-state index contributed by atoms with van der Waals surface area (Å²) in [6, 6.07) is 9.90. The van der Waals surface area contributed by atoms with E-state index in [1.54, 1.807) is 13.0 Å². The Labute approximate surface area is 116 Å². The largest absolute Gasteiger partial charge is 0.461 e. The molecule has 5 heteroatoms. The molecule has 0 aliphatic heterocycles. The van der Waals surface area contributed by atoms with Gasteiger partial charge in [0.25, 0.3) is 0 Å². The summed E-state index contributed by atoms with van der Waals surface area (Å²) in [7, 11) is 2.00. The van der Waals surface area contributed by atoms with Crippen LogP contribution in [0.5, 0.6) is 0 Å². The highest BCUT2D eigenvalue weighted by atomic mass is 16.5. The maximum atomic E-state index is 11.6. The van der Waals surface area contributed by atoms with Crippen molar-refractivity contribution in [2.75, 3.05) is 6.61 Å². The number of carbonyl (C=O) groups excluding carboxylic acids is 1. The molecule has 0 aliphatic rings. The van der Waals surface area contributed by atoms with Gasteiger partial charge in [-0.3, -0.25) is 5.10 Å². The average molecular weight is 269 g/mol. The number of aromatic nitrogens is 3. The number of aryl methyl sites for hydroxylation is 1. The number of benzene rings is 1. The highest BCUT2D eigenvalue weighted by Crippen LogP contribution is 2.24. The first kappa shape index (κ1) is 12.5. The lowest BCUT2D eigenvalue weighted by molar-refractivity contribution is 0.0519. The zero-order chi connectivity index (χ0) is 14.1. The predicted molar refractivity (Wildman–Crippen MR) is 76.5 cm³/mol. The summed E-state index contributed by atoms with van der Waals surface area (Å²) >= 11 is 0. The van der Waals surface area contributed by atoms with Gasteiger partial charge < -0.3 is 9.30 Å². The summed E-state index contributed by atoms with van der Waals surface area (Å²) in [5.74, 6) is -0.407. The van der Waals surface area contributed by atoms with E-state index in [0.717, 1.165) is 16.8 Å². The van der Waals surface area contributed by atoms with E-state index in [2.05, 4.69) is 33.0 Å². The van der Waals surface area contributed by atoms with Crippen molar-refractivity contribution in [1.29, 1.82) is 0 Å². The Kier molecular flexibility index (Phi) is 3.02. The molecule has 0 aliphatic carbocycles. The van der Waals surface area contributed by atoms with Gasteiger partial charge in [-0.2, -0.15) is 5.10 Å². The first-order valence-corrected chi connectivity index (χ1v) is 6.47.